The Balaban J connectivity index is 1.72. The van der Waals surface area contributed by atoms with Gasteiger partial charge in [-0.3, -0.25) is 0 Å². The van der Waals surface area contributed by atoms with Gasteiger partial charge in [-0.25, -0.2) is 0 Å². The zero-order chi connectivity index (χ0) is 14.4. The molecule has 1 atom stereocenters. The molecule has 1 unspecified atom stereocenters. The fourth-order valence-corrected chi connectivity index (χ4v) is 2.80. The highest BCUT2D eigenvalue weighted by Crippen LogP contribution is 2.19. The van der Waals surface area contributed by atoms with Gasteiger partial charge in [0.05, 0.1) is 0 Å². The highest BCUT2D eigenvalue weighted by Gasteiger charge is 2.16. The third-order valence-corrected chi connectivity index (χ3v) is 3.89. The van der Waals surface area contributed by atoms with E-state index in [0.717, 1.165) is 18.4 Å². The Hall–Kier alpha value is -1.16. The van der Waals surface area contributed by atoms with Gasteiger partial charge in [-0.1, -0.05) is 25.0 Å². The van der Waals surface area contributed by atoms with Crippen molar-refractivity contribution in [3.63, 3.8) is 0 Å². The predicted octanol–water partition coefficient (Wildman–Crippen LogP) is 4.14. The minimum atomic E-state index is -2.75. The van der Waals surface area contributed by atoms with Crippen molar-refractivity contribution in [3.8, 4) is 5.75 Å². The maximum atomic E-state index is 12.0. The molecular formula is C16H23F2NO. The molecule has 1 aromatic rings. The van der Waals surface area contributed by atoms with Crippen LogP contribution in [0.2, 0.25) is 0 Å². The molecule has 1 aliphatic rings. The fourth-order valence-electron chi connectivity index (χ4n) is 2.80. The summed E-state index contributed by atoms with van der Waals surface area (Å²) in [5, 5.41) is 3.66. The molecule has 1 aromatic carbocycles. The van der Waals surface area contributed by atoms with Gasteiger partial charge in [-0.2, -0.15) is 8.78 Å². The largest absolute Gasteiger partial charge is 0.435 e. The number of benzene rings is 1. The molecule has 0 saturated heterocycles. The van der Waals surface area contributed by atoms with Crippen molar-refractivity contribution < 1.29 is 13.5 Å². The van der Waals surface area contributed by atoms with Crippen LogP contribution in [0.5, 0.6) is 5.75 Å². The number of halogens is 2. The van der Waals surface area contributed by atoms with Gasteiger partial charge in [0.15, 0.2) is 0 Å². The zero-order valence-corrected chi connectivity index (χ0v) is 11.9. The first-order valence-electron chi connectivity index (χ1n) is 7.43. The number of nitrogens with one attached hydrogen (secondary N) is 1. The van der Waals surface area contributed by atoms with E-state index in [2.05, 4.69) is 17.0 Å². The van der Waals surface area contributed by atoms with E-state index >= 15 is 0 Å². The zero-order valence-electron chi connectivity index (χ0n) is 11.9. The third kappa shape index (κ3) is 5.08. The summed E-state index contributed by atoms with van der Waals surface area (Å²) in [5.41, 5.74) is 1.16. The van der Waals surface area contributed by atoms with E-state index in [-0.39, 0.29) is 5.75 Å². The minimum Gasteiger partial charge on any atom is -0.435 e. The summed E-state index contributed by atoms with van der Waals surface area (Å²) in [7, 11) is 0. The monoisotopic (exact) mass is 283 g/mol. The maximum absolute atomic E-state index is 12.0. The summed E-state index contributed by atoms with van der Waals surface area (Å²) in [6.07, 6.45) is 7.29. The van der Waals surface area contributed by atoms with Crippen molar-refractivity contribution in [2.45, 2.75) is 64.1 Å². The summed E-state index contributed by atoms with van der Waals surface area (Å²) in [5.74, 6) is 0.223. The van der Waals surface area contributed by atoms with Crippen LogP contribution in [0.3, 0.4) is 0 Å². The summed E-state index contributed by atoms with van der Waals surface area (Å²) in [4.78, 5) is 0. The summed E-state index contributed by atoms with van der Waals surface area (Å²) in [6.45, 7) is -0.538. The lowest BCUT2D eigenvalue weighted by atomic mass is 10.1. The first-order chi connectivity index (χ1) is 9.63. The van der Waals surface area contributed by atoms with Gasteiger partial charge in [0.1, 0.15) is 5.75 Å². The van der Waals surface area contributed by atoms with Crippen molar-refractivity contribution in [2.75, 3.05) is 0 Å². The number of aryl methyl sites for hydroxylation is 1. The van der Waals surface area contributed by atoms with Gasteiger partial charge in [0, 0.05) is 12.1 Å². The number of hydrogen-bond donors (Lipinski definition) is 1. The Bertz CT molecular complexity index is 388. The van der Waals surface area contributed by atoms with Crippen LogP contribution in [0, 0.1) is 0 Å². The Morgan fingerprint density at radius 2 is 1.85 bits per heavy atom. The molecule has 112 valence electrons. The second-order valence-electron chi connectivity index (χ2n) is 5.61. The molecular weight excluding hydrogens is 260 g/mol. The van der Waals surface area contributed by atoms with Crippen LogP contribution in [-0.4, -0.2) is 18.7 Å². The second kappa shape index (κ2) is 7.58. The van der Waals surface area contributed by atoms with Crippen molar-refractivity contribution in [2.24, 2.45) is 0 Å². The van der Waals surface area contributed by atoms with Crippen LogP contribution in [0.15, 0.2) is 24.3 Å². The highest BCUT2D eigenvalue weighted by molar-refractivity contribution is 5.27. The lowest BCUT2D eigenvalue weighted by molar-refractivity contribution is -0.0498. The SMILES string of the molecule is CC(CCc1ccc(OC(F)F)cc1)NC1CCCC1. The van der Waals surface area contributed by atoms with E-state index in [4.69, 9.17) is 0 Å². The molecule has 4 heteroatoms. The van der Waals surface area contributed by atoms with E-state index < -0.39 is 6.61 Å². The van der Waals surface area contributed by atoms with E-state index in [1.54, 1.807) is 12.1 Å². The van der Waals surface area contributed by atoms with E-state index in [9.17, 15) is 8.78 Å². The molecule has 0 bridgehead atoms. The van der Waals surface area contributed by atoms with Gasteiger partial charge < -0.3 is 10.1 Å². The van der Waals surface area contributed by atoms with Crippen molar-refractivity contribution in [3.05, 3.63) is 29.8 Å². The Morgan fingerprint density at radius 1 is 1.20 bits per heavy atom. The molecule has 0 heterocycles. The molecule has 0 aromatic heterocycles. The van der Waals surface area contributed by atoms with E-state index in [1.807, 2.05) is 12.1 Å². The molecule has 0 aliphatic heterocycles. The Morgan fingerprint density at radius 3 is 2.45 bits per heavy atom. The average Bonchev–Trinajstić information content (AvgIpc) is 2.90. The van der Waals surface area contributed by atoms with Gasteiger partial charge in [-0.15, -0.1) is 0 Å². The Labute approximate surface area is 119 Å². The van der Waals surface area contributed by atoms with E-state index in [0.29, 0.717) is 12.1 Å². The first-order valence-corrected chi connectivity index (χ1v) is 7.43. The van der Waals surface area contributed by atoms with Gasteiger partial charge >= 0.3 is 6.61 Å². The summed E-state index contributed by atoms with van der Waals surface area (Å²) < 4.78 is 28.4. The predicted molar refractivity (Wildman–Crippen MR) is 76.2 cm³/mol. The van der Waals surface area contributed by atoms with Crippen LogP contribution in [0.25, 0.3) is 0 Å². The number of ether oxygens (including phenoxy) is 1. The van der Waals surface area contributed by atoms with E-state index in [1.165, 1.54) is 25.7 Å². The summed E-state index contributed by atoms with van der Waals surface area (Å²) in [6, 6.07) is 8.12. The van der Waals surface area contributed by atoms with Gasteiger partial charge in [-0.05, 0) is 50.3 Å². The van der Waals surface area contributed by atoms with Gasteiger partial charge in [0.2, 0.25) is 0 Å². The number of alkyl halides is 2. The molecule has 1 saturated carbocycles. The van der Waals surface area contributed by atoms with Crippen LogP contribution in [-0.2, 0) is 6.42 Å². The molecule has 1 aliphatic carbocycles. The second-order valence-corrected chi connectivity index (χ2v) is 5.61. The van der Waals surface area contributed by atoms with Crippen LogP contribution in [0.1, 0.15) is 44.6 Å². The quantitative estimate of drug-likeness (QED) is 0.812. The topological polar surface area (TPSA) is 21.3 Å². The lowest BCUT2D eigenvalue weighted by Gasteiger charge is -2.19. The molecule has 0 spiro atoms. The normalized spacial score (nSPS) is 17.6. The van der Waals surface area contributed by atoms with Crippen molar-refractivity contribution in [1.29, 1.82) is 0 Å². The maximum Gasteiger partial charge on any atom is 0.387 e. The standard InChI is InChI=1S/C16H23F2NO/c1-12(19-14-4-2-3-5-14)6-7-13-8-10-15(11-9-13)20-16(17)18/h8-12,14,16,19H,2-7H2,1H3. The van der Waals surface area contributed by atoms with Gasteiger partial charge in [0.25, 0.3) is 0 Å². The fraction of sp³-hybridized carbons (Fsp3) is 0.625. The number of rotatable bonds is 7. The molecule has 1 fully saturated rings. The van der Waals surface area contributed by atoms with Crippen molar-refractivity contribution in [1.82, 2.24) is 5.32 Å². The minimum absolute atomic E-state index is 0.223. The third-order valence-electron chi connectivity index (χ3n) is 3.89. The molecule has 0 radical (unpaired) electrons. The van der Waals surface area contributed by atoms with Crippen LogP contribution in [0.4, 0.5) is 8.78 Å². The molecule has 2 rings (SSSR count). The van der Waals surface area contributed by atoms with Crippen LogP contribution >= 0.6 is 0 Å². The summed E-state index contributed by atoms with van der Waals surface area (Å²) >= 11 is 0. The molecule has 20 heavy (non-hydrogen) atoms. The first kappa shape index (κ1) is 15.2. The smallest absolute Gasteiger partial charge is 0.387 e. The number of hydrogen-bond acceptors (Lipinski definition) is 2. The Kier molecular flexibility index (Phi) is 5.77. The molecule has 1 N–H and O–H groups in total. The lowest BCUT2D eigenvalue weighted by Crippen LogP contribution is -2.34. The molecule has 2 nitrogen and oxygen atoms in total. The highest BCUT2D eigenvalue weighted by atomic mass is 19.3. The molecule has 0 amide bonds. The van der Waals surface area contributed by atoms with Crippen LogP contribution < -0.4 is 10.1 Å². The average molecular weight is 283 g/mol. The van der Waals surface area contributed by atoms with Crippen molar-refractivity contribution >= 4 is 0 Å².